The molecule has 0 atom stereocenters. The summed E-state index contributed by atoms with van der Waals surface area (Å²) in [5.74, 6) is -0.376. The number of hydrogen-bond donors (Lipinski definition) is 2. The van der Waals surface area contributed by atoms with E-state index in [1.807, 2.05) is 0 Å². The van der Waals surface area contributed by atoms with E-state index in [0.29, 0.717) is 10.7 Å². The second-order valence-electron chi connectivity index (χ2n) is 3.59. The summed E-state index contributed by atoms with van der Waals surface area (Å²) in [6.07, 6.45) is 0. The Labute approximate surface area is 108 Å². The van der Waals surface area contributed by atoms with Crippen molar-refractivity contribution < 1.29 is 10.0 Å². The van der Waals surface area contributed by atoms with Gasteiger partial charge in [-0.15, -0.1) is 0 Å². The molecule has 6 heteroatoms. The van der Waals surface area contributed by atoms with Gasteiger partial charge >= 0.3 is 5.69 Å². The molecule has 0 heterocycles. The maximum absolute atomic E-state index is 10.5. The minimum Gasteiger partial charge on any atom is -0.502 e. The van der Waals surface area contributed by atoms with Gasteiger partial charge in [-0.25, -0.2) is 0 Å². The van der Waals surface area contributed by atoms with Gasteiger partial charge in [-0.05, 0) is 30.3 Å². The number of rotatable bonds is 3. The summed E-state index contributed by atoms with van der Waals surface area (Å²) in [4.78, 5) is 9.90. The lowest BCUT2D eigenvalue weighted by Gasteiger charge is -2.06. The third-order valence-electron chi connectivity index (χ3n) is 2.31. The van der Waals surface area contributed by atoms with Crippen molar-refractivity contribution in [3.05, 3.63) is 57.6 Å². The quantitative estimate of drug-likeness (QED) is 0.655. The van der Waals surface area contributed by atoms with Crippen LogP contribution in [0.25, 0.3) is 0 Å². The standard InChI is InChI=1S/C12H9ClN2O3/c13-8-1-3-9(4-2-8)14-10-5-6-11(15(17)18)12(16)7-10/h1-7,14,16H. The summed E-state index contributed by atoms with van der Waals surface area (Å²) >= 11 is 5.75. The first-order valence-corrected chi connectivity index (χ1v) is 5.44. The Bertz CT molecular complexity index is 584. The van der Waals surface area contributed by atoms with Crippen molar-refractivity contribution in [1.29, 1.82) is 0 Å². The van der Waals surface area contributed by atoms with E-state index in [4.69, 9.17) is 11.6 Å². The monoisotopic (exact) mass is 264 g/mol. The Hall–Kier alpha value is -2.27. The summed E-state index contributed by atoms with van der Waals surface area (Å²) in [6, 6.07) is 11.0. The fourth-order valence-electron chi connectivity index (χ4n) is 1.46. The Morgan fingerprint density at radius 2 is 1.72 bits per heavy atom. The second kappa shape index (κ2) is 4.93. The molecule has 2 rings (SSSR count). The van der Waals surface area contributed by atoms with Crippen molar-refractivity contribution in [3.63, 3.8) is 0 Å². The normalized spacial score (nSPS) is 10.1. The van der Waals surface area contributed by atoms with Crippen LogP contribution in [0.1, 0.15) is 0 Å². The van der Waals surface area contributed by atoms with Crippen molar-refractivity contribution in [1.82, 2.24) is 0 Å². The molecule has 2 aromatic carbocycles. The molecule has 0 bridgehead atoms. The Kier molecular flexibility index (Phi) is 3.34. The van der Waals surface area contributed by atoms with E-state index in [0.717, 1.165) is 5.69 Å². The molecule has 0 spiro atoms. The first-order chi connectivity index (χ1) is 8.56. The predicted molar refractivity (Wildman–Crippen MR) is 69.5 cm³/mol. The summed E-state index contributed by atoms with van der Waals surface area (Å²) < 4.78 is 0. The molecule has 2 N–H and O–H groups in total. The molecule has 5 nitrogen and oxygen atoms in total. The highest BCUT2D eigenvalue weighted by atomic mass is 35.5. The van der Waals surface area contributed by atoms with Gasteiger partial charge in [-0.2, -0.15) is 0 Å². The molecular weight excluding hydrogens is 256 g/mol. The van der Waals surface area contributed by atoms with E-state index in [1.165, 1.54) is 18.2 Å². The smallest absolute Gasteiger partial charge is 0.310 e. The van der Waals surface area contributed by atoms with Crippen molar-refractivity contribution in [2.24, 2.45) is 0 Å². The largest absolute Gasteiger partial charge is 0.502 e. The van der Waals surface area contributed by atoms with E-state index < -0.39 is 4.92 Å². The molecule has 2 aromatic rings. The molecule has 0 radical (unpaired) electrons. The van der Waals surface area contributed by atoms with Gasteiger partial charge in [0.15, 0.2) is 5.75 Å². The molecule has 0 aliphatic heterocycles. The fourth-order valence-corrected chi connectivity index (χ4v) is 1.58. The van der Waals surface area contributed by atoms with Crippen LogP contribution >= 0.6 is 11.6 Å². The van der Waals surface area contributed by atoms with Crippen LogP contribution in [0.15, 0.2) is 42.5 Å². The van der Waals surface area contributed by atoms with Crippen molar-refractivity contribution in [2.45, 2.75) is 0 Å². The highest BCUT2D eigenvalue weighted by Gasteiger charge is 2.12. The molecule has 0 aliphatic carbocycles. The minimum atomic E-state index is -0.637. The number of hydrogen-bond acceptors (Lipinski definition) is 4. The Balaban J connectivity index is 2.22. The third kappa shape index (κ3) is 2.70. The first-order valence-electron chi connectivity index (χ1n) is 5.06. The van der Waals surface area contributed by atoms with Gasteiger partial charge in [0.2, 0.25) is 0 Å². The number of nitro benzene ring substituents is 1. The van der Waals surface area contributed by atoms with E-state index in [2.05, 4.69) is 5.32 Å². The summed E-state index contributed by atoms with van der Waals surface area (Å²) in [6.45, 7) is 0. The number of nitrogens with zero attached hydrogens (tertiary/aromatic N) is 1. The molecule has 92 valence electrons. The molecule has 0 saturated heterocycles. The van der Waals surface area contributed by atoms with Crippen LogP contribution in [0.3, 0.4) is 0 Å². The number of nitro groups is 1. The minimum absolute atomic E-state index is 0.323. The van der Waals surface area contributed by atoms with E-state index in [1.54, 1.807) is 24.3 Å². The van der Waals surface area contributed by atoms with E-state index in [9.17, 15) is 15.2 Å². The van der Waals surface area contributed by atoms with Gasteiger partial charge in [-0.1, -0.05) is 11.6 Å². The molecule has 18 heavy (non-hydrogen) atoms. The third-order valence-corrected chi connectivity index (χ3v) is 2.56. The van der Waals surface area contributed by atoms with E-state index >= 15 is 0 Å². The maximum atomic E-state index is 10.5. The van der Waals surface area contributed by atoms with Crippen LogP contribution < -0.4 is 5.32 Å². The molecular formula is C12H9ClN2O3. The van der Waals surface area contributed by atoms with Gasteiger partial charge in [-0.3, -0.25) is 10.1 Å². The van der Waals surface area contributed by atoms with Gasteiger partial charge in [0.1, 0.15) is 0 Å². The fraction of sp³-hybridized carbons (Fsp3) is 0. The Morgan fingerprint density at radius 1 is 1.11 bits per heavy atom. The molecule has 0 amide bonds. The number of anilines is 2. The lowest BCUT2D eigenvalue weighted by molar-refractivity contribution is -0.385. The van der Waals surface area contributed by atoms with Crippen LogP contribution in [0.4, 0.5) is 17.1 Å². The topological polar surface area (TPSA) is 75.4 Å². The van der Waals surface area contributed by atoms with Gasteiger partial charge in [0.05, 0.1) is 4.92 Å². The van der Waals surface area contributed by atoms with Crippen LogP contribution in [0.5, 0.6) is 5.75 Å². The maximum Gasteiger partial charge on any atom is 0.310 e. The van der Waals surface area contributed by atoms with Gasteiger partial charge < -0.3 is 10.4 Å². The average Bonchev–Trinajstić information content (AvgIpc) is 2.32. The van der Waals surface area contributed by atoms with Crippen LogP contribution in [-0.2, 0) is 0 Å². The van der Waals surface area contributed by atoms with Gasteiger partial charge in [0, 0.05) is 28.5 Å². The SMILES string of the molecule is O=[N+]([O-])c1ccc(Nc2ccc(Cl)cc2)cc1O. The van der Waals surface area contributed by atoms with Crippen LogP contribution in [0, 0.1) is 10.1 Å². The first kappa shape index (κ1) is 12.2. The summed E-state index contributed by atoms with van der Waals surface area (Å²) in [7, 11) is 0. The lowest BCUT2D eigenvalue weighted by Crippen LogP contribution is -1.92. The average molecular weight is 265 g/mol. The highest BCUT2D eigenvalue weighted by Crippen LogP contribution is 2.30. The highest BCUT2D eigenvalue weighted by molar-refractivity contribution is 6.30. The summed E-state index contributed by atoms with van der Waals surface area (Å²) in [5.41, 5.74) is 1.00. The number of nitrogens with one attached hydrogen (secondary N) is 1. The van der Waals surface area contributed by atoms with Crippen molar-refractivity contribution in [2.75, 3.05) is 5.32 Å². The lowest BCUT2D eigenvalue weighted by atomic mass is 10.2. The van der Waals surface area contributed by atoms with Gasteiger partial charge in [0.25, 0.3) is 0 Å². The number of benzene rings is 2. The second-order valence-corrected chi connectivity index (χ2v) is 4.03. The zero-order valence-corrected chi connectivity index (χ0v) is 9.89. The molecule has 0 fully saturated rings. The zero-order chi connectivity index (χ0) is 13.1. The molecule has 0 aromatic heterocycles. The van der Waals surface area contributed by atoms with Crippen LogP contribution in [0.2, 0.25) is 5.02 Å². The number of aromatic hydroxyl groups is 1. The number of phenolic OH excluding ortho intramolecular Hbond substituents is 1. The Morgan fingerprint density at radius 3 is 2.28 bits per heavy atom. The van der Waals surface area contributed by atoms with Crippen molar-refractivity contribution >= 4 is 28.7 Å². The zero-order valence-electron chi connectivity index (χ0n) is 9.13. The summed E-state index contributed by atoms with van der Waals surface area (Å²) in [5, 5.41) is 23.6. The number of phenols is 1. The molecule has 0 saturated carbocycles. The van der Waals surface area contributed by atoms with Crippen LogP contribution in [-0.4, -0.2) is 10.0 Å². The van der Waals surface area contributed by atoms with Crippen molar-refractivity contribution in [3.8, 4) is 5.75 Å². The van der Waals surface area contributed by atoms with E-state index in [-0.39, 0.29) is 11.4 Å². The number of halogens is 1. The molecule has 0 aliphatic rings. The predicted octanol–water partition coefficient (Wildman–Crippen LogP) is 3.70. The molecule has 0 unspecified atom stereocenters.